The van der Waals surface area contributed by atoms with Gasteiger partial charge in [0, 0.05) is 0 Å². The van der Waals surface area contributed by atoms with Gasteiger partial charge in [-0.05, 0) is 43.5 Å². The van der Waals surface area contributed by atoms with Crippen LogP contribution in [0.25, 0.3) is 0 Å². The van der Waals surface area contributed by atoms with Crippen LogP contribution in [0.1, 0.15) is 18.4 Å². The number of benzene rings is 1. The zero-order valence-corrected chi connectivity index (χ0v) is 11.1. The Morgan fingerprint density at radius 1 is 1.47 bits per heavy atom. The fourth-order valence-corrected chi connectivity index (χ4v) is 2.25. The predicted molar refractivity (Wildman–Crippen MR) is 71.6 cm³/mol. The quantitative estimate of drug-likeness (QED) is 0.666. The number of likely N-dealkylation sites (N-methyl/N-ethyl adjacent to an activating group) is 1. The van der Waals surface area contributed by atoms with Gasteiger partial charge in [-0.25, -0.2) is 0 Å². The molecule has 0 spiro atoms. The molecule has 5 nitrogen and oxygen atoms in total. The van der Waals surface area contributed by atoms with Crippen LogP contribution in [0.2, 0.25) is 0 Å². The Hall–Kier alpha value is -1.59. The van der Waals surface area contributed by atoms with E-state index < -0.39 is 5.54 Å². The number of aliphatic hydroxyl groups is 1. The lowest BCUT2D eigenvalue weighted by atomic mass is 9.93. The second-order valence-corrected chi connectivity index (χ2v) is 4.95. The first-order valence-electron chi connectivity index (χ1n) is 6.44. The summed E-state index contributed by atoms with van der Waals surface area (Å²) in [4.78, 5) is 11.7. The Morgan fingerprint density at radius 3 is 2.53 bits per heavy atom. The van der Waals surface area contributed by atoms with Gasteiger partial charge in [-0.3, -0.25) is 4.79 Å². The summed E-state index contributed by atoms with van der Waals surface area (Å²) in [7, 11) is 1.74. The van der Waals surface area contributed by atoms with Crippen molar-refractivity contribution in [2.24, 2.45) is 11.7 Å². The molecule has 1 atom stereocenters. The minimum Gasteiger partial charge on any atom is -0.491 e. The van der Waals surface area contributed by atoms with E-state index in [9.17, 15) is 4.79 Å². The van der Waals surface area contributed by atoms with Crippen molar-refractivity contribution in [3.8, 4) is 5.75 Å². The van der Waals surface area contributed by atoms with E-state index in [1.165, 1.54) is 0 Å². The SMILES string of the molecule is CNC(COc1ccc(CO)cc1)(C(N)=O)C1CC1. The molecule has 19 heavy (non-hydrogen) atoms. The van der Waals surface area contributed by atoms with Gasteiger partial charge in [0.05, 0.1) is 6.61 Å². The highest BCUT2D eigenvalue weighted by atomic mass is 16.5. The number of amides is 1. The molecule has 0 aromatic heterocycles. The van der Waals surface area contributed by atoms with Gasteiger partial charge in [-0.2, -0.15) is 0 Å². The van der Waals surface area contributed by atoms with E-state index in [0.717, 1.165) is 18.4 Å². The van der Waals surface area contributed by atoms with Crippen LogP contribution in [0.4, 0.5) is 0 Å². The van der Waals surface area contributed by atoms with Crippen molar-refractivity contribution in [3.63, 3.8) is 0 Å². The number of nitrogens with one attached hydrogen (secondary N) is 1. The minimum atomic E-state index is -0.782. The van der Waals surface area contributed by atoms with Crippen LogP contribution < -0.4 is 15.8 Å². The summed E-state index contributed by atoms with van der Waals surface area (Å²) in [6.45, 7) is 0.228. The lowest BCUT2D eigenvalue weighted by molar-refractivity contribution is -0.126. The first-order chi connectivity index (χ1) is 9.12. The molecule has 1 unspecified atom stereocenters. The van der Waals surface area contributed by atoms with Crippen molar-refractivity contribution in [1.82, 2.24) is 5.32 Å². The van der Waals surface area contributed by atoms with Gasteiger partial charge in [0.2, 0.25) is 5.91 Å². The van der Waals surface area contributed by atoms with Crippen molar-refractivity contribution in [2.75, 3.05) is 13.7 Å². The smallest absolute Gasteiger partial charge is 0.241 e. The average Bonchev–Trinajstić information content (AvgIpc) is 3.25. The van der Waals surface area contributed by atoms with Crippen LogP contribution in [0.3, 0.4) is 0 Å². The van der Waals surface area contributed by atoms with E-state index >= 15 is 0 Å². The van der Waals surface area contributed by atoms with Crippen molar-refractivity contribution >= 4 is 5.91 Å². The minimum absolute atomic E-state index is 0.00406. The maximum atomic E-state index is 11.7. The molecule has 104 valence electrons. The molecule has 0 heterocycles. The summed E-state index contributed by atoms with van der Waals surface area (Å²) in [5, 5.41) is 12.0. The molecule has 0 bridgehead atoms. The van der Waals surface area contributed by atoms with Gasteiger partial charge < -0.3 is 20.9 Å². The first-order valence-corrected chi connectivity index (χ1v) is 6.44. The van der Waals surface area contributed by atoms with E-state index in [-0.39, 0.29) is 25.0 Å². The number of rotatable bonds is 7. The molecule has 0 aliphatic heterocycles. The van der Waals surface area contributed by atoms with Crippen LogP contribution in [0, 0.1) is 5.92 Å². The largest absolute Gasteiger partial charge is 0.491 e. The van der Waals surface area contributed by atoms with Crippen molar-refractivity contribution < 1.29 is 14.6 Å². The fourth-order valence-electron chi connectivity index (χ4n) is 2.25. The molecule has 1 aromatic rings. The number of carbonyl (C=O) groups is 1. The van der Waals surface area contributed by atoms with Crippen LogP contribution in [0.15, 0.2) is 24.3 Å². The molecule has 1 fully saturated rings. The standard InChI is InChI=1S/C14H20N2O3/c1-16-14(13(15)18,11-4-5-11)9-19-12-6-2-10(8-17)3-7-12/h2-3,6-7,11,16-17H,4-5,8-9H2,1H3,(H2,15,18). The summed E-state index contributed by atoms with van der Waals surface area (Å²) in [6, 6.07) is 7.13. The number of hydrogen-bond donors (Lipinski definition) is 3. The maximum Gasteiger partial charge on any atom is 0.241 e. The Kier molecular flexibility index (Phi) is 4.07. The second kappa shape index (κ2) is 5.59. The van der Waals surface area contributed by atoms with Crippen LogP contribution >= 0.6 is 0 Å². The maximum absolute atomic E-state index is 11.7. The third-order valence-electron chi connectivity index (χ3n) is 3.73. The fraction of sp³-hybridized carbons (Fsp3) is 0.500. The Balaban J connectivity index is 2.03. The monoisotopic (exact) mass is 264 g/mol. The third kappa shape index (κ3) is 2.88. The zero-order valence-electron chi connectivity index (χ0n) is 11.1. The van der Waals surface area contributed by atoms with Crippen LogP contribution in [-0.4, -0.2) is 30.2 Å². The number of carbonyl (C=O) groups excluding carboxylic acids is 1. The number of primary amides is 1. The molecular formula is C14H20N2O3. The normalized spacial score (nSPS) is 17.8. The van der Waals surface area contributed by atoms with Crippen LogP contribution in [0.5, 0.6) is 5.75 Å². The molecule has 1 aromatic carbocycles. The molecule has 0 saturated heterocycles. The van der Waals surface area contributed by atoms with E-state index in [1.54, 1.807) is 31.3 Å². The molecule has 4 N–H and O–H groups in total. The van der Waals surface area contributed by atoms with E-state index in [0.29, 0.717) is 5.75 Å². The lowest BCUT2D eigenvalue weighted by Crippen LogP contribution is -2.59. The van der Waals surface area contributed by atoms with Crippen molar-refractivity contribution in [1.29, 1.82) is 0 Å². The molecule has 2 rings (SSSR count). The summed E-state index contributed by atoms with van der Waals surface area (Å²) in [6.07, 6.45) is 1.99. The Bertz CT molecular complexity index is 443. The number of ether oxygens (including phenoxy) is 1. The summed E-state index contributed by atoms with van der Waals surface area (Å²) in [5.41, 5.74) is 5.56. The number of hydrogen-bond acceptors (Lipinski definition) is 4. The summed E-state index contributed by atoms with van der Waals surface area (Å²) < 4.78 is 5.68. The van der Waals surface area contributed by atoms with Gasteiger partial charge >= 0.3 is 0 Å². The molecule has 1 aliphatic carbocycles. The molecule has 1 aliphatic rings. The van der Waals surface area contributed by atoms with Gasteiger partial charge in [-0.1, -0.05) is 12.1 Å². The molecule has 5 heteroatoms. The second-order valence-electron chi connectivity index (χ2n) is 4.95. The third-order valence-corrected chi connectivity index (χ3v) is 3.73. The Morgan fingerprint density at radius 2 is 2.11 bits per heavy atom. The highest BCUT2D eigenvalue weighted by Gasteiger charge is 2.49. The Labute approximate surface area is 112 Å². The predicted octanol–water partition coefficient (Wildman–Crippen LogP) is 0.411. The number of nitrogens with two attached hydrogens (primary N) is 1. The average molecular weight is 264 g/mol. The van der Waals surface area contributed by atoms with Crippen LogP contribution in [-0.2, 0) is 11.4 Å². The van der Waals surface area contributed by atoms with E-state index in [4.69, 9.17) is 15.6 Å². The highest BCUT2D eigenvalue weighted by molar-refractivity contribution is 5.85. The topological polar surface area (TPSA) is 84.6 Å². The number of aliphatic hydroxyl groups excluding tert-OH is 1. The van der Waals surface area contributed by atoms with Gasteiger partial charge in [-0.15, -0.1) is 0 Å². The van der Waals surface area contributed by atoms with Crippen molar-refractivity contribution in [3.05, 3.63) is 29.8 Å². The molecule has 0 radical (unpaired) electrons. The van der Waals surface area contributed by atoms with E-state index in [1.807, 2.05) is 0 Å². The lowest BCUT2D eigenvalue weighted by Gasteiger charge is -2.30. The molecule has 1 amide bonds. The molecular weight excluding hydrogens is 244 g/mol. The van der Waals surface area contributed by atoms with Gasteiger partial charge in [0.1, 0.15) is 17.9 Å². The summed E-state index contributed by atoms with van der Waals surface area (Å²) in [5.74, 6) is 0.551. The summed E-state index contributed by atoms with van der Waals surface area (Å²) >= 11 is 0. The van der Waals surface area contributed by atoms with Gasteiger partial charge in [0.25, 0.3) is 0 Å². The van der Waals surface area contributed by atoms with Gasteiger partial charge in [0.15, 0.2) is 0 Å². The molecule has 1 saturated carbocycles. The highest BCUT2D eigenvalue weighted by Crippen LogP contribution is 2.39. The van der Waals surface area contributed by atoms with E-state index in [2.05, 4.69) is 5.32 Å². The first kappa shape index (κ1) is 13.8. The zero-order chi connectivity index (χ0) is 13.9. The van der Waals surface area contributed by atoms with Crippen molar-refractivity contribution in [2.45, 2.75) is 25.0 Å².